The van der Waals surface area contributed by atoms with Gasteiger partial charge in [0.05, 0.1) is 0 Å². The molecule has 4 heteroatoms. The average Bonchev–Trinajstić information content (AvgIpc) is 2.04. The summed E-state index contributed by atoms with van der Waals surface area (Å²) < 4.78 is 0. The van der Waals surface area contributed by atoms with E-state index in [2.05, 4.69) is 36.6 Å². The molecule has 13 heavy (non-hydrogen) atoms. The van der Waals surface area contributed by atoms with Gasteiger partial charge in [-0.05, 0) is 32.7 Å². The number of nitrogens with zero attached hydrogens (tertiary/aromatic N) is 1. The lowest BCUT2D eigenvalue weighted by atomic mass is 10.3. The Morgan fingerprint density at radius 3 is 2.38 bits per heavy atom. The van der Waals surface area contributed by atoms with E-state index in [9.17, 15) is 0 Å². The second-order valence-corrected chi connectivity index (χ2v) is 3.75. The van der Waals surface area contributed by atoms with Gasteiger partial charge in [-0.25, -0.2) is 0 Å². The highest BCUT2D eigenvalue weighted by Crippen LogP contribution is 1.82. The van der Waals surface area contributed by atoms with Crippen LogP contribution in [-0.2, 0) is 0 Å². The third kappa shape index (κ3) is 9.56. The van der Waals surface area contributed by atoms with Crippen LogP contribution < -0.4 is 10.6 Å². The van der Waals surface area contributed by atoms with Crippen molar-refractivity contribution in [3.63, 3.8) is 0 Å². The molecule has 0 aliphatic heterocycles. The molecule has 0 bridgehead atoms. The second kappa shape index (κ2) is 8.26. The van der Waals surface area contributed by atoms with Crippen LogP contribution in [0.5, 0.6) is 0 Å². The first-order valence-corrected chi connectivity index (χ1v) is 5.24. The number of rotatable bonds is 6. The number of nitrogens with one attached hydrogen (secondary N) is 2. The third-order valence-electron chi connectivity index (χ3n) is 1.66. The van der Waals surface area contributed by atoms with Crippen molar-refractivity contribution in [1.82, 2.24) is 15.5 Å². The van der Waals surface area contributed by atoms with Gasteiger partial charge in [0.25, 0.3) is 0 Å². The highest BCUT2D eigenvalue weighted by molar-refractivity contribution is 7.80. The maximum atomic E-state index is 5.08. The lowest BCUT2D eigenvalue weighted by Gasteiger charge is -2.12. The van der Waals surface area contributed by atoms with E-state index in [-0.39, 0.29) is 0 Å². The number of thiocarbonyl (C=S) groups is 1. The first kappa shape index (κ1) is 12.7. The summed E-state index contributed by atoms with van der Waals surface area (Å²) in [4.78, 5) is 2.13. The smallest absolute Gasteiger partial charge is 0.166 e. The predicted molar refractivity (Wildman–Crippen MR) is 62.1 cm³/mol. The van der Waals surface area contributed by atoms with Crippen molar-refractivity contribution >= 4 is 17.3 Å². The van der Waals surface area contributed by atoms with Crippen LogP contribution in [0, 0.1) is 0 Å². The summed E-state index contributed by atoms with van der Waals surface area (Å²) >= 11 is 5.08. The molecule has 0 amide bonds. The second-order valence-electron chi connectivity index (χ2n) is 3.34. The molecule has 3 nitrogen and oxygen atoms in total. The highest BCUT2D eigenvalue weighted by atomic mass is 32.1. The molecule has 0 saturated carbocycles. The Hall–Kier alpha value is -0.350. The molecule has 0 radical (unpaired) electrons. The van der Waals surface area contributed by atoms with Crippen LogP contribution in [0.4, 0.5) is 0 Å². The fraction of sp³-hybridized carbons (Fsp3) is 0.889. The van der Waals surface area contributed by atoms with Crippen molar-refractivity contribution in [2.24, 2.45) is 0 Å². The van der Waals surface area contributed by atoms with E-state index in [1.165, 1.54) is 12.8 Å². The van der Waals surface area contributed by atoms with Crippen LogP contribution in [0.3, 0.4) is 0 Å². The molecular weight excluding hydrogens is 182 g/mol. The monoisotopic (exact) mass is 203 g/mol. The van der Waals surface area contributed by atoms with Gasteiger partial charge in [-0.2, -0.15) is 0 Å². The zero-order valence-electron chi connectivity index (χ0n) is 8.89. The highest BCUT2D eigenvalue weighted by Gasteiger charge is 1.93. The number of likely N-dealkylation sites (N-methyl/N-ethyl adjacent to an activating group) is 1. The average molecular weight is 203 g/mol. The van der Waals surface area contributed by atoms with E-state index < -0.39 is 0 Å². The Bertz CT molecular complexity index is 137. The molecule has 0 aromatic heterocycles. The van der Waals surface area contributed by atoms with E-state index in [0.717, 1.165) is 24.7 Å². The maximum Gasteiger partial charge on any atom is 0.166 e. The summed E-state index contributed by atoms with van der Waals surface area (Å²) in [7, 11) is 4.10. The molecule has 0 saturated heterocycles. The lowest BCUT2D eigenvalue weighted by Crippen LogP contribution is -2.39. The fourth-order valence-electron chi connectivity index (χ4n) is 0.834. The van der Waals surface area contributed by atoms with Crippen LogP contribution in [0.25, 0.3) is 0 Å². The summed E-state index contributed by atoms with van der Waals surface area (Å²) in [5.74, 6) is 0. The Morgan fingerprint density at radius 1 is 1.23 bits per heavy atom. The first-order valence-electron chi connectivity index (χ1n) is 4.83. The Labute approximate surface area is 86.9 Å². The molecular formula is C9H21N3S. The minimum absolute atomic E-state index is 0.773. The van der Waals surface area contributed by atoms with E-state index in [0.29, 0.717) is 0 Å². The minimum Gasteiger partial charge on any atom is -0.363 e. The number of hydrogen-bond acceptors (Lipinski definition) is 2. The molecule has 0 aromatic carbocycles. The predicted octanol–water partition coefficient (Wildman–Crippen LogP) is 0.812. The van der Waals surface area contributed by atoms with Crippen molar-refractivity contribution < 1.29 is 0 Å². The van der Waals surface area contributed by atoms with Gasteiger partial charge in [0.15, 0.2) is 5.11 Å². The van der Waals surface area contributed by atoms with Crippen LogP contribution in [-0.4, -0.2) is 43.7 Å². The molecule has 0 rings (SSSR count). The molecule has 0 atom stereocenters. The van der Waals surface area contributed by atoms with Gasteiger partial charge in [0, 0.05) is 19.6 Å². The topological polar surface area (TPSA) is 27.3 Å². The van der Waals surface area contributed by atoms with Gasteiger partial charge in [-0.1, -0.05) is 13.3 Å². The quantitative estimate of drug-likeness (QED) is 0.493. The van der Waals surface area contributed by atoms with Crippen molar-refractivity contribution in [3.05, 3.63) is 0 Å². The van der Waals surface area contributed by atoms with Gasteiger partial charge in [-0.3, -0.25) is 0 Å². The van der Waals surface area contributed by atoms with E-state index >= 15 is 0 Å². The number of hydrogen-bond donors (Lipinski definition) is 2. The minimum atomic E-state index is 0.773. The van der Waals surface area contributed by atoms with Crippen molar-refractivity contribution in [1.29, 1.82) is 0 Å². The lowest BCUT2D eigenvalue weighted by molar-refractivity contribution is 0.412. The molecule has 0 heterocycles. The molecule has 78 valence electrons. The molecule has 0 aliphatic rings. The number of unbranched alkanes of at least 4 members (excludes halogenated alkanes) is 1. The van der Waals surface area contributed by atoms with E-state index in [4.69, 9.17) is 12.2 Å². The summed E-state index contributed by atoms with van der Waals surface area (Å²) in [6.45, 7) is 5.06. The van der Waals surface area contributed by atoms with Gasteiger partial charge < -0.3 is 15.5 Å². The molecule has 0 spiro atoms. The zero-order valence-corrected chi connectivity index (χ0v) is 9.71. The van der Waals surface area contributed by atoms with Gasteiger partial charge in [0.2, 0.25) is 0 Å². The van der Waals surface area contributed by atoms with Crippen molar-refractivity contribution in [2.75, 3.05) is 33.7 Å². The van der Waals surface area contributed by atoms with Gasteiger partial charge >= 0.3 is 0 Å². The Kier molecular flexibility index (Phi) is 8.04. The molecule has 0 aliphatic carbocycles. The van der Waals surface area contributed by atoms with E-state index in [1.807, 2.05) is 0 Å². The van der Waals surface area contributed by atoms with Gasteiger partial charge in [0.1, 0.15) is 0 Å². The first-order chi connectivity index (χ1) is 6.16. The third-order valence-corrected chi connectivity index (χ3v) is 1.95. The van der Waals surface area contributed by atoms with Crippen molar-refractivity contribution in [2.45, 2.75) is 19.8 Å². The van der Waals surface area contributed by atoms with Crippen LogP contribution in [0.15, 0.2) is 0 Å². The van der Waals surface area contributed by atoms with Crippen molar-refractivity contribution in [3.8, 4) is 0 Å². The Morgan fingerprint density at radius 2 is 1.85 bits per heavy atom. The molecule has 0 fully saturated rings. The van der Waals surface area contributed by atoms with Gasteiger partial charge in [-0.15, -0.1) is 0 Å². The molecule has 2 N–H and O–H groups in total. The summed E-state index contributed by atoms with van der Waals surface area (Å²) in [5.41, 5.74) is 0. The largest absolute Gasteiger partial charge is 0.363 e. The van der Waals surface area contributed by atoms with Crippen LogP contribution in [0.1, 0.15) is 19.8 Å². The van der Waals surface area contributed by atoms with Crippen LogP contribution in [0.2, 0.25) is 0 Å². The normalized spacial score (nSPS) is 10.2. The van der Waals surface area contributed by atoms with E-state index in [1.54, 1.807) is 0 Å². The standard InChI is InChI=1S/C9H21N3S/c1-4-5-6-10-9(13)11-7-8-12(2)3/h4-8H2,1-3H3,(H2,10,11,13). The zero-order chi connectivity index (χ0) is 10.1. The molecule has 0 unspecified atom stereocenters. The maximum absolute atomic E-state index is 5.08. The summed E-state index contributed by atoms with van der Waals surface area (Å²) in [5, 5.41) is 7.08. The summed E-state index contributed by atoms with van der Waals surface area (Å²) in [6, 6.07) is 0. The molecule has 0 aromatic rings. The summed E-state index contributed by atoms with van der Waals surface area (Å²) in [6.07, 6.45) is 2.38. The van der Waals surface area contributed by atoms with Crippen LogP contribution >= 0.6 is 12.2 Å². The Balaban J connectivity index is 3.20. The fourth-order valence-corrected chi connectivity index (χ4v) is 1.04. The SMILES string of the molecule is CCCCNC(=S)NCCN(C)C.